The van der Waals surface area contributed by atoms with Crippen LogP contribution in [0.1, 0.15) is 98.8 Å². The van der Waals surface area contributed by atoms with Gasteiger partial charge in [-0.15, -0.1) is 0 Å². The molecule has 4 N–H and O–H groups in total. The highest BCUT2D eigenvalue weighted by Crippen LogP contribution is 2.87. The lowest BCUT2D eigenvalue weighted by Gasteiger charge is -2.63. The predicted molar refractivity (Wildman–Crippen MR) is 161 cm³/mol. The maximum absolute atomic E-state index is 12.8. The molecule has 0 radical (unpaired) electrons. The first kappa shape index (κ1) is 30.1. The van der Waals surface area contributed by atoms with Crippen LogP contribution in [0, 0.1) is 45.3 Å². The van der Waals surface area contributed by atoms with Gasteiger partial charge in [-0.25, -0.2) is 9.59 Å². The van der Waals surface area contributed by atoms with E-state index in [-0.39, 0.29) is 69.9 Å². The number of nitrogens with two attached hydrogens (primary N) is 1. The van der Waals surface area contributed by atoms with Crippen molar-refractivity contribution in [1.29, 1.82) is 0 Å². The molecule has 2 amide bonds. The summed E-state index contributed by atoms with van der Waals surface area (Å²) in [5.41, 5.74) is 7.03. The molecule has 7 aliphatic rings. The van der Waals surface area contributed by atoms with Gasteiger partial charge < -0.3 is 35.3 Å². The summed E-state index contributed by atoms with van der Waals surface area (Å²) in [4.78, 5) is 26.8. The van der Waals surface area contributed by atoms with Crippen molar-refractivity contribution in [2.24, 2.45) is 51.1 Å². The maximum Gasteiger partial charge on any atom is 0.410 e. The fraction of sp³-hybridized carbons (Fsp3) is 0.941. The van der Waals surface area contributed by atoms with E-state index >= 15 is 0 Å². The minimum atomic E-state index is -0.753. The Hall–Kier alpha value is -1.58. The molecule has 9 heteroatoms. The van der Waals surface area contributed by atoms with Crippen molar-refractivity contribution in [3.05, 3.63) is 0 Å². The van der Waals surface area contributed by atoms with E-state index in [4.69, 9.17) is 19.9 Å². The minimum absolute atomic E-state index is 0.0534. The first-order chi connectivity index (χ1) is 20.3. The van der Waals surface area contributed by atoms with Crippen LogP contribution in [0.5, 0.6) is 0 Å². The van der Waals surface area contributed by atoms with Gasteiger partial charge in [0.25, 0.3) is 0 Å². The molecular formula is C34H55N3O6. The van der Waals surface area contributed by atoms with Crippen LogP contribution < -0.4 is 11.1 Å². The Balaban J connectivity index is 1.13. The number of hydrogen-bond acceptors (Lipinski definition) is 7. The lowest BCUT2D eigenvalue weighted by molar-refractivity contribution is -0.164. The van der Waals surface area contributed by atoms with E-state index in [2.05, 4.69) is 39.9 Å². The van der Waals surface area contributed by atoms with Crippen molar-refractivity contribution in [2.45, 2.75) is 135 Å². The molecule has 2 spiro atoms. The molecule has 2 aliphatic heterocycles. The largest absolute Gasteiger partial charge is 0.446 e. The molecule has 5 saturated carbocycles. The Morgan fingerprint density at radius 1 is 1.00 bits per heavy atom. The monoisotopic (exact) mass is 601 g/mol. The number of likely N-dealkylation sites (tertiary alicyclic amines) is 1. The van der Waals surface area contributed by atoms with E-state index in [1.54, 1.807) is 7.05 Å². The third-order valence-corrected chi connectivity index (χ3v) is 14.8. The number of nitrogens with zero attached hydrogens (tertiary/aromatic N) is 1. The normalized spacial score (nSPS) is 49.7. The quantitative estimate of drug-likeness (QED) is 0.422. The second-order valence-corrected chi connectivity index (χ2v) is 16.7. The Kier molecular flexibility index (Phi) is 6.80. The molecule has 5 aliphatic carbocycles. The standard InChI is InChI=1S/C34H55N3O6/c1-19(2)25(43-28(39)36-6)21-9-8-20-26(41-21)27(38)34(35)23-11-10-22-30(3,4)24(42-29(40)37-16-7-17-37)12-13-32(22)18-33(23,32)15-14-31(20,34)5/h19-27,38H,7-18,35H2,1-6H3,(H,36,39). The van der Waals surface area contributed by atoms with E-state index in [0.717, 1.165) is 70.9 Å². The summed E-state index contributed by atoms with van der Waals surface area (Å²) in [6, 6.07) is 0. The van der Waals surface area contributed by atoms with Crippen LogP contribution in [0.3, 0.4) is 0 Å². The van der Waals surface area contributed by atoms with E-state index in [1.807, 2.05) is 4.90 Å². The smallest absolute Gasteiger partial charge is 0.410 e. The van der Waals surface area contributed by atoms with Crippen molar-refractivity contribution in [2.75, 3.05) is 20.1 Å². The molecular weight excluding hydrogens is 546 g/mol. The Morgan fingerprint density at radius 3 is 2.35 bits per heavy atom. The third-order valence-electron chi connectivity index (χ3n) is 14.8. The van der Waals surface area contributed by atoms with Gasteiger partial charge >= 0.3 is 12.2 Å². The van der Waals surface area contributed by atoms with Crippen LogP contribution in [-0.4, -0.2) is 78.4 Å². The van der Waals surface area contributed by atoms with Crippen molar-refractivity contribution in [3.63, 3.8) is 0 Å². The van der Waals surface area contributed by atoms with Gasteiger partial charge in [0.2, 0.25) is 0 Å². The molecule has 242 valence electrons. The topological polar surface area (TPSA) is 123 Å². The van der Waals surface area contributed by atoms with Gasteiger partial charge in [-0.2, -0.15) is 0 Å². The van der Waals surface area contributed by atoms with Crippen molar-refractivity contribution < 1.29 is 28.9 Å². The molecule has 0 aromatic carbocycles. The summed E-state index contributed by atoms with van der Waals surface area (Å²) in [5, 5.41) is 14.8. The van der Waals surface area contributed by atoms with Crippen LogP contribution in [-0.2, 0) is 14.2 Å². The highest BCUT2D eigenvalue weighted by Gasteiger charge is 2.85. The molecule has 7 rings (SSSR count). The number of hydrogen-bond donors (Lipinski definition) is 3. The van der Waals surface area contributed by atoms with Crippen LogP contribution >= 0.6 is 0 Å². The third kappa shape index (κ3) is 3.79. The molecule has 0 bridgehead atoms. The van der Waals surface area contributed by atoms with E-state index in [9.17, 15) is 14.7 Å². The summed E-state index contributed by atoms with van der Waals surface area (Å²) >= 11 is 0. The number of fused-ring (bicyclic) bond motifs is 4. The van der Waals surface area contributed by atoms with Gasteiger partial charge in [0.1, 0.15) is 12.2 Å². The molecule has 9 nitrogen and oxygen atoms in total. The van der Waals surface area contributed by atoms with Gasteiger partial charge in [-0.3, -0.25) is 0 Å². The summed E-state index contributed by atoms with van der Waals surface area (Å²) in [5.74, 6) is 1.02. The molecule has 43 heavy (non-hydrogen) atoms. The highest BCUT2D eigenvalue weighted by atomic mass is 16.6. The zero-order chi connectivity index (χ0) is 30.7. The van der Waals surface area contributed by atoms with E-state index in [0.29, 0.717) is 5.92 Å². The number of carbonyl (C=O) groups is 2. The molecule has 12 atom stereocenters. The fourth-order valence-corrected chi connectivity index (χ4v) is 12.4. The Morgan fingerprint density at radius 2 is 1.70 bits per heavy atom. The second-order valence-electron chi connectivity index (χ2n) is 16.7. The molecule has 2 saturated heterocycles. The molecule has 2 heterocycles. The lowest BCUT2D eigenvalue weighted by Crippen LogP contribution is -2.70. The summed E-state index contributed by atoms with van der Waals surface area (Å²) < 4.78 is 18.7. The van der Waals surface area contributed by atoms with Gasteiger partial charge in [0.15, 0.2) is 0 Å². The molecule has 0 aromatic rings. The van der Waals surface area contributed by atoms with Gasteiger partial charge in [-0.1, -0.05) is 34.6 Å². The highest BCUT2D eigenvalue weighted by molar-refractivity contribution is 5.68. The zero-order valence-electron chi connectivity index (χ0n) is 27.2. The van der Waals surface area contributed by atoms with Crippen LogP contribution in [0.4, 0.5) is 9.59 Å². The van der Waals surface area contributed by atoms with Crippen molar-refractivity contribution >= 4 is 12.2 Å². The summed E-state index contributed by atoms with van der Waals surface area (Å²) in [6.45, 7) is 12.7. The van der Waals surface area contributed by atoms with Crippen molar-refractivity contribution in [1.82, 2.24) is 10.2 Å². The average molecular weight is 602 g/mol. The second kappa shape index (κ2) is 9.71. The van der Waals surface area contributed by atoms with E-state index in [1.165, 1.54) is 6.42 Å². The number of aliphatic hydroxyl groups is 1. The number of rotatable bonds is 4. The lowest BCUT2D eigenvalue weighted by atomic mass is 9.44. The van der Waals surface area contributed by atoms with E-state index < -0.39 is 17.7 Å². The number of ether oxygens (including phenoxy) is 3. The first-order valence-electron chi connectivity index (χ1n) is 17.2. The molecule has 12 unspecified atom stereocenters. The minimum Gasteiger partial charge on any atom is -0.446 e. The van der Waals surface area contributed by atoms with Gasteiger partial charge in [0, 0.05) is 25.6 Å². The van der Waals surface area contributed by atoms with Gasteiger partial charge in [0.05, 0.1) is 23.9 Å². The first-order valence-corrected chi connectivity index (χ1v) is 17.2. The van der Waals surface area contributed by atoms with Gasteiger partial charge in [-0.05, 0) is 104 Å². The zero-order valence-corrected chi connectivity index (χ0v) is 27.2. The number of nitrogens with one attached hydrogen (secondary N) is 1. The van der Waals surface area contributed by atoms with Crippen molar-refractivity contribution in [3.8, 4) is 0 Å². The number of amides is 2. The summed E-state index contributed by atoms with van der Waals surface area (Å²) in [7, 11) is 1.57. The Labute approximate surface area is 257 Å². The molecule has 0 aromatic heterocycles. The number of carbonyl (C=O) groups excluding carboxylic acids is 2. The fourth-order valence-electron chi connectivity index (χ4n) is 12.4. The number of aliphatic hydroxyl groups excluding tert-OH is 1. The van der Waals surface area contributed by atoms with Crippen LogP contribution in [0.15, 0.2) is 0 Å². The number of alkyl carbamates (subject to hydrolysis) is 1. The predicted octanol–water partition coefficient (Wildman–Crippen LogP) is 4.84. The Bertz CT molecular complexity index is 1160. The maximum atomic E-state index is 12.8. The SMILES string of the molecule is CNC(=O)OC(C(C)C)C1CCC2C(O1)C(O)C1(N)C3CCC4C(C)(C)C(OC(=O)N5CCC5)CCC45CC35CCC21C. The van der Waals surface area contributed by atoms with Crippen LogP contribution in [0.2, 0.25) is 0 Å². The average Bonchev–Trinajstić information content (AvgIpc) is 3.57. The van der Waals surface area contributed by atoms with Crippen LogP contribution in [0.25, 0.3) is 0 Å². The molecule has 7 fully saturated rings. The summed E-state index contributed by atoms with van der Waals surface area (Å²) in [6.07, 6.45) is 7.83.